The van der Waals surface area contributed by atoms with E-state index in [4.69, 9.17) is 55.1 Å². The molecule has 0 heterocycles. The minimum absolute atomic E-state index is 0.216. The Balaban J connectivity index is 0.000000191. The number of nitrogens with one attached hydrogen (secondary N) is 2. The van der Waals surface area contributed by atoms with Crippen molar-refractivity contribution in [3.05, 3.63) is 224 Å². The van der Waals surface area contributed by atoms with Crippen molar-refractivity contribution in [1.29, 1.82) is 0 Å². The molecule has 6 aromatic carbocycles. The molecular weight excluding hydrogens is 1150 g/mol. The molecule has 6 aromatic rings. The number of aryl methyl sites for hydroxylation is 3. The highest BCUT2D eigenvalue weighted by atomic mass is 35.5. The molecule has 0 saturated heterocycles. The van der Waals surface area contributed by atoms with Crippen LogP contribution in [0.4, 0.5) is 0 Å². The molecule has 2 amide bonds. The Morgan fingerprint density at radius 1 is 0.477 bits per heavy atom. The van der Waals surface area contributed by atoms with Gasteiger partial charge in [0.25, 0.3) is 11.8 Å². The zero-order valence-electron chi connectivity index (χ0n) is 50.7. The average Bonchev–Trinajstić information content (AvgIpc) is 2.48. The van der Waals surface area contributed by atoms with Crippen molar-refractivity contribution in [2.24, 2.45) is 5.73 Å². The van der Waals surface area contributed by atoms with Gasteiger partial charge in [0.1, 0.15) is 16.6 Å². The maximum Gasteiger partial charge on any atom is 0.336 e. The fraction of sp³-hybridized carbons (Fsp3) is 0.314. The van der Waals surface area contributed by atoms with Gasteiger partial charge >= 0.3 is 23.9 Å². The summed E-state index contributed by atoms with van der Waals surface area (Å²) in [6, 6.07) is 32.9. The van der Waals surface area contributed by atoms with E-state index < -0.39 is 34.5 Å². The maximum absolute atomic E-state index is 13.3. The standard InChI is InChI=1S/C24H26ClNO3.C22H22ClNO3.C12H14ClNO2.C12H14O2/c1-5-29-23(28)24(13-17-9-10-19(25)12-18(17)14-24)26-22(27)20-8-6-7-16(4)21(20)11-15(2)3;1-13(2)9-19-14(3)5-4-6-18(19)20(25)24-22(21(26)27)11-15-7-8-17(23)10-16(15)12-22;1-2-16-11(15)12(14)6-8-3-4-10(13)5-9(8)7-12;1-8(2)7-11-9(3)5-4-6-10(11)12(13)14/h6-12H,5,13-14H2,1-4H3,(H,26,27);4-10H,11-12H2,1-3H3,(H,24,25)(H,26,27);3-5H,2,6-7,14H2,1H3;4-7H,1-3H3,(H,13,14). The molecule has 452 valence electrons. The Kier molecular flexibility index (Phi) is 22.7. The lowest BCUT2D eigenvalue weighted by Gasteiger charge is -2.28. The summed E-state index contributed by atoms with van der Waals surface area (Å²) in [4.78, 5) is 74.1. The van der Waals surface area contributed by atoms with Gasteiger partial charge in [0.2, 0.25) is 0 Å². The number of allylic oxidation sites excluding steroid dienone is 3. The molecule has 16 heteroatoms. The summed E-state index contributed by atoms with van der Waals surface area (Å²) in [5.41, 5.74) is 18.6. The van der Waals surface area contributed by atoms with E-state index in [-0.39, 0.29) is 37.2 Å². The molecule has 3 atom stereocenters. The first-order valence-corrected chi connectivity index (χ1v) is 29.5. The number of carboxylic acid groups (broad SMARTS) is 2. The van der Waals surface area contributed by atoms with Crippen LogP contribution in [0.5, 0.6) is 0 Å². The van der Waals surface area contributed by atoms with Crippen molar-refractivity contribution in [3.63, 3.8) is 0 Å². The second kappa shape index (κ2) is 29.1. The molecule has 3 unspecified atom stereocenters. The number of carbonyl (C=O) groups is 6. The van der Waals surface area contributed by atoms with Gasteiger partial charge in [-0.25, -0.2) is 14.4 Å². The molecule has 3 aliphatic carbocycles. The third-order valence-electron chi connectivity index (χ3n) is 14.9. The monoisotopic (exact) mass is 1220 g/mol. The van der Waals surface area contributed by atoms with E-state index in [2.05, 4.69) is 10.6 Å². The zero-order valence-corrected chi connectivity index (χ0v) is 52.9. The smallest absolute Gasteiger partial charge is 0.336 e. The first kappa shape index (κ1) is 67.3. The van der Waals surface area contributed by atoms with Gasteiger partial charge in [-0.05, 0) is 198 Å². The lowest BCUT2D eigenvalue weighted by Crippen LogP contribution is -2.56. The second-order valence-corrected chi connectivity index (χ2v) is 24.2. The van der Waals surface area contributed by atoms with E-state index in [1.54, 1.807) is 56.3 Å². The number of rotatable bonds is 13. The molecule has 6 N–H and O–H groups in total. The number of carboxylic acids is 2. The van der Waals surface area contributed by atoms with Crippen LogP contribution in [0.2, 0.25) is 15.1 Å². The van der Waals surface area contributed by atoms with Crippen LogP contribution in [0.3, 0.4) is 0 Å². The normalized spacial score (nSPS) is 17.3. The van der Waals surface area contributed by atoms with Gasteiger partial charge in [-0.15, -0.1) is 0 Å². The van der Waals surface area contributed by atoms with Crippen molar-refractivity contribution in [2.75, 3.05) is 13.2 Å². The number of carbonyl (C=O) groups excluding carboxylic acids is 4. The minimum atomic E-state index is -1.36. The first-order chi connectivity index (χ1) is 40.5. The Bertz CT molecular complexity index is 3690. The lowest BCUT2D eigenvalue weighted by molar-refractivity contribution is -0.150. The summed E-state index contributed by atoms with van der Waals surface area (Å²) in [5.74, 6) is -3.33. The van der Waals surface area contributed by atoms with Gasteiger partial charge in [0.15, 0.2) is 0 Å². The van der Waals surface area contributed by atoms with Crippen LogP contribution in [0, 0.1) is 20.8 Å². The van der Waals surface area contributed by atoms with Crippen LogP contribution in [0.25, 0.3) is 18.2 Å². The second-order valence-electron chi connectivity index (χ2n) is 22.9. The van der Waals surface area contributed by atoms with Gasteiger partial charge in [-0.3, -0.25) is 14.4 Å². The van der Waals surface area contributed by atoms with Gasteiger partial charge < -0.3 is 36.1 Å². The molecule has 13 nitrogen and oxygen atoms in total. The van der Waals surface area contributed by atoms with E-state index >= 15 is 0 Å². The Morgan fingerprint density at radius 2 is 0.802 bits per heavy atom. The average molecular weight is 1230 g/mol. The number of benzene rings is 6. The number of aromatic carboxylic acids is 1. The van der Waals surface area contributed by atoms with E-state index in [0.717, 1.165) is 83.5 Å². The van der Waals surface area contributed by atoms with Crippen molar-refractivity contribution in [2.45, 2.75) is 131 Å². The maximum atomic E-state index is 13.3. The molecule has 0 spiro atoms. The van der Waals surface area contributed by atoms with Gasteiger partial charge in [0.05, 0.1) is 18.8 Å². The number of amides is 2. The van der Waals surface area contributed by atoms with Crippen molar-refractivity contribution in [3.8, 4) is 0 Å². The third kappa shape index (κ3) is 16.6. The number of nitrogens with two attached hydrogens (primary N) is 1. The summed E-state index contributed by atoms with van der Waals surface area (Å²) in [5, 5.41) is 26.5. The quantitative estimate of drug-likeness (QED) is 0.0687. The molecule has 0 aromatic heterocycles. The Hall–Kier alpha value is -7.81. The first-order valence-electron chi connectivity index (χ1n) is 28.3. The molecule has 0 bridgehead atoms. The molecular formula is C70H76Cl3N3O10. The highest BCUT2D eigenvalue weighted by molar-refractivity contribution is 6.31. The van der Waals surface area contributed by atoms with Crippen LogP contribution >= 0.6 is 34.8 Å². The fourth-order valence-corrected chi connectivity index (χ4v) is 11.4. The van der Waals surface area contributed by atoms with Crippen LogP contribution in [0.1, 0.15) is 153 Å². The van der Waals surface area contributed by atoms with E-state index in [9.17, 15) is 33.9 Å². The molecule has 0 aliphatic heterocycles. The van der Waals surface area contributed by atoms with Crippen LogP contribution in [-0.2, 0) is 62.4 Å². The molecule has 0 saturated carbocycles. The third-order valence-corrected chi connectivity index (χ3v) is 15.6. The number of esters is 2. The zero-order chi connectivity index (χ0) is 63.4. The molecule has 0 fully saturated rings. The van der Waals surface area contributed by atoms with E-state index in [1.807, 2.05) is 147 Å². The van der Waals surface area contributed by atoms with Crippen molar-refractivity contribution in [1.82, 2.24) is 10.6 Å². The van der Waals surface area contributed by atoms with Gasteiger partial charge in [-0.2, -0.15) is 0 Å². The Labute approximate surface area is 519 Å². The van der Waals surface area contributed by atoms with Crippen LogP contribution < -0.4 is 16.4 Å². The van der Waals surface area contributed by atoms with Crippen molar-refractivity contribution >= 4 is 88.7 Å². The van der Waals surface area contributed by atoms with Gasteiger partial charge in [-0.1, -0.05) is 124 Å². The molecule has 3 aliphatic rings. The largest absolute Gasteiger partial charge is 0.479 e. The fourth-order valence-electron chi connectivity index (χ4n) is 10.9. The number of hydrogen-bond donors (Lipinski definition) is 5. The molecule has 86 heavy (non-hydrogen) atoms. The van der Waals surface area contributed by atoms with E-state index in [0.29, 0.717) is 64.0 Å². The number of ether oxygens (including phenoxy) is 2. The van der Waals surface area contributed by atoms with Crippen LogP contribution in [-0.4, -0.2) is 75.7 Å². The number of halogens is 3. The van der Waals surface area contributed by atoms with Gasteiger partial charge in [0, 0.05) is 64.7 Å². The summed E-state index contributed by atoms with van der Waals surface area (Å²) in [6.45, 7) is 21.8. The number of hydrogen-bond acceptors (Lipinski definition) is 9. The SMILES string of the molecule is CC(C)=Cc1c(C)cccc1C(=O)NC1(C(=O)O)Cc2ccc(Cl)cc2C1.CC(C)=Cc1c(C)cccc1C(=O)O.CCOC(=O)C1(N)Cc2ccc(Cl)cc2C1.CCOC(=O)C1(NC(=O)c2cccc(C)c2C=C(C)C)Cc2ccc(Cl)cc2C1. The highest BCUT2D eigenvalue weighted by Crippen LogP contribution is 2.36. The highest BCUT2D eigenvalue weighted by Gasteiger charge is 2.48. The summed E-state index contributed by atoms with van der Waals surface area (Å²) < 4.78 is 10.3. The number of aliphatic carboxylic acids is 1. The van der Waals surface area contributed by atoms with Crippen LogP contribution in [0.15, 0.2) is 126 Å². The minimum Gasteiger partial charge on any atom is -0.479 e. The summed E-state index contributed by atoms with van der Waals surface area (Å²) >= 11 is 18.1. The van der Waals surface area contributed by atoms with Crippen molar-refractivity contribution < 1.29 is 48.5 Å². The predicted molar refractivity (Wildman–Crippen MR) is 343 cm³/mol. The predicted octanol–water partition coefficient (Wildman–Crippen LogP) is 14.1. The number of fused-ring (bicyclic) bond motifs is 3. The Morgan fingerprint density at radius 3 is 1.20 bits per heavy atom. The topological polar surface area (TPSA) is 211 Å². The summed E-state index contributed by atoms with van der Waals surface area (Å²) in [6.07, 6.45) is 8.06. The van der Waals surface area contributed by atoms with E-state index in [1.165, 1.54) is 0 Å². The molecule has 0 radical (unpaired) electrons. The molecule has 9 rings (SSSR count). The summed E-state index contributed by atoms with van der Waals surface area (Å²) in [7, 11) is 0. The lowest BCUT2D eigenvalue weighted by atomic mass is 9.93.